The maximum absolute atomic E-state index is 13.8. The van der Waals surface area contributed by atoms with Gasteiger partial charge >= 0.3 is 0 Å². The van der Waals surface area contributed by atoms with Crippen LogP contribution in [0.3, 0.4) is 0 Å². The number of hydrogen-bond acceptors (Lipinski definition) is 1. The molecule has 0 unspecified atom stereocenters. The monoisotopic (exact) mass is 267 g/mol. The van der Waals surface area contributed by atoms with Gasteiger partial charge in [-0.2, -0.15) is 0 Å². The highest BCUT2D eigenvalue weighted by Gasteiger charge is 2.46. The van der Waals surface area contributed by atoms with Crippen LogP contribution in [-0.4, -0.2) is 12.5 Å². The molecular formula is C15H19F2NO. The van der Waals surface area contributed by atoms with Gasteiger partial charge in [0.25, 0.3) is 0 Å². The van der Waals surface area contributed by atoms with Crippen LogP contribution in [0.5, 0.6) is 0 Å². The highest BCUT2D eigenvalue weighted by Crippen LogP contribution is 2.48. The summed E-state index contributed by atoms with van der Waals surface area (Å²) in [7, 11) is 0. The number of amides is 1. The van der Waals surface area contributed by atoms with Crippen LogP contribution >= 0.6 is 0 Å². The van der Waals surface area contributed by atoms with Crippen molar-refractivity contribution in [1.29, 1.82) is 0 Å². The first kappa shape index (κ1) is 14.0. The van der Waals surface area contributed by atoms with Gasteiger partial charge in [-0.1, -0.05) is 26.8 Å². The van der Waals surface area contributed by atoms with Gasteiger partial charge in [0.15, 0.2) is 0 Å². The largest absolute Gasteiger partial charge is 0.355 e. The second kappa shape index (κ2) is 4.58. The highest BCUT2D eigenvalue weighted by molar-refractivity contribution is 5.81. The van der Waals surface area contributed by atoms with Crippen molar-refractivity contribution in [2.45, 2.75) is 39.0 Å². The lowest BCUT2D eigenvalue weighted by atomic mass is 9.92. The van der Waals surface area contributed by atoms with Crippen molar-refractivity contribution in [2.24, 2.45) is 5.41 Å². The van der Waals surface area contributed by atoms with Gasteiger partial charge in [0, 0.05) is 23.4 Å². The van der Waals surface area contributed by atoms with Crippen molar-refractivity contribution < 1.29 is 13.6 Å². The SMILES string of the molecule is CC(C)(C)C(=O)NCC1(c2ccc(F)cc2F)CC1. The molecule has 0 bridgehead atoms. The van der Waals surface area contributed by atoms with Gasteiger partial charge in [0.05, 0.1) is 0 Å². The Balaban J connectivity index is 2.10. The van der Waals surface area contributed by atoms with Crippen molar-refractivity contribution in [1.82, 2.24) is 5.32 Å². The lowest BCUT2D eigenvalue weighted by Gasteiger charge is -2.22. The Morgan fingerprint density at radius 2 is 1.95 bits per heavy atom. The number of carbonyl (C=O) groups is 1. The number of carbonyl (C=O) groups excluding carboxylic acids is 1. The molecule has 0 radical (unpaired) electrons. The zero-order chi connectivity index (χ0) is 14.3. The predicted octanol–water partition coefficient (Wildman–Crippen LogP) is 3.16. The minimum absolute atomic E-state index is 0.0544. The fourth-order valence-electron chi connectivity index (χ4n) is 2.13. The maximum Gasteiger partial charge on any atom is 0.225 e. The van der Waals surface area contributed by atoms with E-state index in [9.17, 15) is 13.6 Å². The van der Waals surface area contributed by atoms with Crippen LogP contribution in [0.1, 0.15) is 39.2 Å². The first-order valence-corrected chi connectivity index (χ1v) is 6.48. The number of rotatable bonds is 3. The second-order valence-corrected chi connectivity index (χ2v) is 6.34. The Labute approximate surface area is 112 Å². The second-order valence-electron chi connectivity index (χ2n) is 6.34. The molecule has 0 aromatic heterocycles. The van der Waals surface area contributed by atoms with Crippen molar-refractivity contribution in [2.75, 3.05) is 6.54 Å². The summed E-state index contributed by atoms with van der Waals surface area (Å²) in [5.41, 5.74) is -0.307. The zero-order valence-electron chi connectivity index (χ0n) is 11.5. The van der Waals surface area contributed by atoms with Crippen LogP contribution in [0.25, 0.3) is 0 Å². The van der Waals surface area contributed by atoms with Crippen LogP contribution in [0.15, 0.2) is 18.2 Å². The van der Waals surface area contributed by atoms with Crippen molar-refractivity contribution in [3.05, 3.63) is 35.4 Å². The molecule has 2 rings (SSSR count). The number of halogens is 2. The molecule has 1 aliphatic carbocycles. The van der Waals surface area contributed by atoms with E-state index in [1.165, 1.54) is 12.1 Å². The Morgan fingerprint density at radius 3 is 2.42 bits per heavy atom. The molecular weight excluding hydrogens is 248 g/mol. The van der Waals surface area contributed by atoms with E-state index >= 15 is 0 Å². The highest BCUT2D eigenvalue weighted by atomic mass is 19.1. The molecule has 0 saturated heterocycles. The van der Waals surface area contributed by atoms with Crippen molar-refractivity contribution in [3.8, 4) is 0 Å². The normalized spacial score (nSPS) is 17.1. The van der Waals surface area contributed by atoms with E-state index in [2.05, 4.69) is 5.32 Å². The van der Waals surface area contributed by atoms with Gasteiger partial charge in [0.1, 0.15) is 11.6 Å². The summed E-state index contributed by atoms with van der Waals surface area (Å²) in [5, 5.41) is 2.87. The van der Waals surface area contributed by atoms with Crippen LogP contribution < -0.4 is 5.32 Å². The molecule has 0 aliphatic heterocycles. The third-order valence-corrected chi connectivity index (χ3v) is 3.62. The molecule has 0 atom stereocenters. The van der Waals surface area contributed by atoms with E-state index in [-0.39, 0.29) is 11.3 Å². The van der Waals surface area contributed by atoms with E-state index in [0.29, 0.717) is 12.1 Å². The standard InChI is InChI=1S/C15H19F2NO/c1-14(2,3)13(19)18-9-15(6-7-15)11-5-4-10(16)8-12(11)17/h4-5,8H,6-7,9H2,1-3H3,(H,18,19). The molecule has 1 aromatic carbocycles. The van der Waals surface area contributed by atoms with E-state index < -0.39 is 17.0 Å². The summed E-state index contributed by atoms with van der Waals surface area (Å²) < 4.78 is 26.7. The van der Waals surface area contributed by atoms with Crippen LogP contribution in [0, 0.1) is 17.0 Å². The summed E-state index contributed by atoms with van der Waals surface area (Å²) in [6.07, 6.45) is 1.64. The van der Waals surface area contributed by atoms with Gasteiger partial charge in [-0.05, 0) is 24.5 Å². The maximum atomic E-state index is 13.8. The summed E-state index contributed by atoms with van der Waals surface area (Å²) in [6.45, 7) is 5.91. The molecule has 1 amide bonds. The van der Waals surface area contributed by atoms with Crippen LogP contribution in [0.2, 0.25) is 0 Å². The average Bonchev–Trinajstić information content (AvgIpc) is 3.05. The van der Waals surface area contributed by atoms with Crippen LogP contribution in [0.4, 0.5) is 8.78 Å². The van der Waals surface area contributed by atoms with Gasteiger partial charge < -0.3 is 5.32 Å². The summed E-state index contributed by atoms with van der Waals surface area (Å²) in [4.78, 5) is 11.8. The molecule has 4 heteroatoms. The molecule has 0 spiro atoms. The summed E-state index contributed by atoms with van der Waals surface area (Å²) in [6, 6.07) is 3.66. The number of benzene rings is 1. The van der Waals surface area contributed by atoms with Crippen LogP contribution in [-0.2, 0) is 10.2 Å². The lowest BCUT2D eigenvalue weighted by Crippen LogP contribution is -2.39. The Kier molecular flexibility index (Phi) is 3.37. The van der Waals surface area contributed by atoms with E-state index in [1.54, 1.807) is 0 Å². The van der Waals surface area contributed by atoms with Crippen molar-refractivity contribution in [3.63, 3.8) is 0 Å². The Hall–Kier alpha value is -1.45. The third kappa shape index (κ3) is 2.94. The van der Waals surface area contributed by atoms with Gasteiger partial charge in [0.2, 0.25) is 5.91 Å². The predicted molar refractivity (Wildman–Crippen MR) is 69.7 cm³/mol. The molecule has 1 saturated carbocycles. The lowest BCUT2D eigenvalue weighted by molar-refractivity contribution is -0.128. The Morgan fingerprint density at radius 1 is 1.32 bits per heavy atom. The molecule has 2 nitrogen and oxygen atoms in total. The smallest absolute Gasteiger partial charge is 0.225 e. The zero-order valence-corrected chi connectivity index (χ0v) is 11.5. The quantitative estimate of drug-likeness (QED) is 0.895. The number of hydrogen-bond donors (Lipinski definition) is 1. The fourth-order valence-corrected chi connectivity index (χ4v) is 2.13. The minimum Gasteiger partial charge on any atom is -0.355 e. The summed E-state index contributed by atoms with van der Waals surface area (Å²) >= 11 is 0. The van der Waals surface area contributed by atoms with Gasteiger partial charge in [-0.3, -0.25) is 4.79 Å². The first-order valence-electron chi connectivity index (χ1n) is 6.48. The van der Waals surface area contributed by atoms with E-state index in [4.69, 9.17) is 0 Å². The molecule has 1 aromatic rings. The Bertz CT molecular complexity index is 501. The molecule has 104 valence electrons. The number of nitrogens with one attached hydrogen (secondary N) is 1. The van der Waals surface area contributed by atoms with Gasteiger partial charge in [-0.25, -0.2) is 8.78 Å². The molecule has 0 heterocycles. The molecule has 1 fully saturated rings. The third-order valence-electron chi connectivity index (χ3n) is 3.62. The van der Waals surface area contributed by atoms with E-state index in [1.807, 2.05) is 20.8 Å². The molecule has 19 heavy (non-hydrogen) atoms. The summed E-state index contributed by atoms with van der Waals surface area (Å²) in [5.74, 6) is -1.15. The minimum atomic E-state index is -0.573. The topological polar surface area (TPSA) is 29.1 Å². The molecule has 1 N–H and O–H groups in total. The van der Waals surface area contributed by atoms with E-state index in [0.717, 1.165) is 18.9 Å². The first-order chi connectivity index (χ1) is 8.74. The molecule has 1 aliphatic rings. The fraction of sp³-hybridized carbons (Fsp3) is 0.533. The van der Waals surface area contributed by atoms with Gasteiger partial charge in [-0.15, -0.1) is 0 Å². The average molecular weight is 267 g/mol. The van der Waals surface area contributed by atoms with Crippen molar-refractivity contribution >= 4 is 5.91 Å².